The summed E-state index contributed by atoms with van der Waals surface area (Å²) in [6, 6.07) is 18.0. The number of fused-ring (bicyclic) bond motifs is 1. The summed E-state index contributed by atoms with van der Waals surface area (Å²) in [6.07, 6.45) is 1.17. The molecule has 1 amide bonds. The molecule has 4 aromatic rings. The van der Waals surface area contributed by atoms with Gasteiger partial charge in [0.1, 0.15) is 10.7 Å². The highest BCUT2D eigenvalue weighted by Gasteiger charge is 2.11. The summed E-state index contributed by atoms with van der Waals surface area (Å²) in [5.41, 5.74) is 2.94. The number of thiazole rings is 2. The first-order valence-electron chi connectivity index (χ1n) is 7.93. The van der Waals surface area contributed by atoms with Gasteiger partial charge in [0.15, 0.2) is 5.13 Å². The molecule has 0 atom stereocenters. The van der Waals surface area contributed by atoms with Crippen molar-refractivity contribution < 1.29 is 4.79 Å². The predicted octanol–water partition coefficient (Wildman–Crippen LogP) is 4.99. The Morgan fingerprint density at radius 3 is 2.64 bits per heavy atom. The fourth-order valence-corrected chi connectivity index (χ4v) is 4.21. The van der Waals surface area contributed by atoms with E-state index in [1.54, 1.807) is 11.3 Å². The second kappa shape index (κ2) is 7.13. The second-order valence-corrected chi connectivity index (χ2v) is 7.45. The third-order valence-electron chi connectivity index (χ3n) is 3.75. The highest BCUT2D eigenvalue weighted by atomic mass is 32.1. The van der Waals surface area contributed by atoms with Crippen molar-refractivity contribution in [1.82, 2.24) is 9.97 Å². The maximum Gasteiger partial charge on any atom is 0.226 e. The predicted molar refractivity (Wildman–Crippen MR) is 104 cm³/mol. The van der Waals surface area contributed by atoms with Crippen molar-refractivity contribution >= 4 is 43.9 Å². The van der Waals surface area contributed by atoms with E-state index < -0.39 is 0 Å². The SMILES string of the molecule is O=C(CCc1ccccc1)Nc1nc(-c2nc3ccccc3s2)cs1. The molecule has 0 aliphatic carbocycles. The topological polar surface area (TPSA) is 54.9 Å². The summed E-state index contributed by atoms with van der Waals surface area (Å²) in [5.74, 6) is -0.0194. The minimum Gasteiger partial charge on any atom is -0.302 e. The van der Waals surface area contributed by atoms with Gasteiger partial charge in [-0.2, -0.15) is 0 Å². The Kier molecular flexibility index (Phi) is 4.54. The molecular weight excluding hydrogens is 350 g/mol. The van der Waals surface area contributed by atoms with Gasteiger partial charge in [-0.15, -0.1) is 22.7 Å². The molecule has 0 aliphatic heterocycles. The van der Waals surface area contributed by atoms with E-state index in [9.17, 15) is 4.79 Å². The average molecular weight is 365 g/mol. The van der Waals surface area contributed by atoms with Gasteiger partial charge in [0.05, 0.1) is 10.2 Å². The van der Waals surface area contributed by atoms with Gasteiger partial charge in [-0.25, -0.2) is 9.97 Å². The lowest BCUT2D eigenvalue weighted by atomic mass is 10.1. The molecule has 0 unspecified atom stereocenters. The molecule has 0 saturated heterocycles. The van der Waals surface area contributed by atoms with Crippen LogP contribution in [-0.2, 0) is 11.2 Å². The number of aromatic nitrogens is 2. The number of carbonyl (C=O) groups excluding carboxylic acids is 1. The summed E-state index contributed by atoms with van der Waals surface area (Å²) in [5, 5.41) is 6.31. The molecule has 0 saturated carbocycles. The molecule has 0 aliphatic rings. The first-order valence-corrected chi connectivity index (χ1v) is 9.63. The molecular formula is C19H15N3OS2. The van der Waals surface area contributed by atoms with Crippen LogP contribution in [0.2, 0.25) is 0 Å². The number of rotatable bonds is 5. The lowest BCUT2D eigenvalue weighted by molar-refractivity contribution is -0.116. The Hall–Kier alpha value is -2.57. The van der Waals surface area contributed by atoms with Crippen molar-refractivity contribution in [2.45, 2.75) is 12.8 Å². The summed E-state index contributed by atoms with van der Waals surface area (Å²) in [7, 11) is 0. The maximum absolute atomic E-state index is 12.1. The van der Waals surface area contributed by atoms with E-state index in [-0.39, 0.29) is 5.91 Å². The Bertz CT molecular complexity index is 975. The summed E-state index contributed by atoms with van der Waals surface area (Å²) < 4.78 is 1.14. The molecule has 0 spiro atoms. The van der Waals surface area contributed by atoms with Gasteiger partial charge < -0.3 is 5.32 Å². The Morgan fingerprint density at radius 1 is 1.00 bits per heavy atom. The van der Waals surface area contributed by atoms with E-state index in [1.807, 2.05) is 53.9 Å². The molecule has 2 aromatic carbocycles. The van der Waals surface area contributed by atoms with Crippen molar-refractivity contribution in [3.63, 3.8) is 0 Å². The van der Waals surface area contributed by atoms with Crippen LogP contribution in [0, 0.1) is 0 Å². The largest absolute Gasteiger partial charge is 0.302 e. The van der Waals surface area contributed by atoms with E-state index >= 15 is 0 Å². The Balaban J connectivity index is 1.41. The van der Waals surface area contributed by atoms with Crippen LogP contribution in [0.3, 0.4) is 0 Å². The van der Waals surface area contributed by atoms with Gasteiger partial charge >= 0.3 is 0 Å². The number of aryl methyl sites for hydroxylation is 1. The number of nitrogens with zero attached hydrogens (tertiary/aromatic N) is 2. The zero-order chi connectivity index (χ0) is 17.1. The first kappa shape index (κ1) is 15.9. The highest BCUT2D eigenvalue weighted by Crippen LogP contribution is 2.31. The molecule has 4 nitrogen and oxygen atoms in total. The van der Waals surface area contributed by atoms with Crippen molar-refractivity contribution in [3.8, 4) is 10.7 Å². The number of benzene rings is 2. The third-order valence-corrected chi connectivity index (χ3v) is 5.56. The molecule has 1 N–H and O–H groups in total. The second-order valence-electron chi connectivity index (χ2n) is 5.56. The fourth-order valence-electron chi connectivity index (χ4n) is 2.50. The average Bonchev–Trinajstić information content (AvgIpc) is 3.27. The van der Waals surface area contributed by atoms with Crippen LogP contribution in [-0.4, -0.2) is 15.9 Å². The first-order chi connectivity index (χ1) is 12.3. The third kappa shape index (κ3) is 3.75. The van der Waals surface area contributed by atoms with Crippen molar-refractivity contribution in [2.75, 3.05) is 5.32 Å². The van der Waals surface area contributed by atoms with Crippen LogP contribution < -0.4 is 5.32 Å². The minimum absolute atomic E-state index is 0.0194. The van der Waals surface area contributed by atoms with Gasteiger partial charge in [-0.3, -0.25) is 4.79 Å². The Labute approximate surface area is 153 Å². The van der Waals surface area contributed by atoms with Crippen LogP contribution >= 0.6 is 22.7 Å². The molecule has 0 radical (unpaired) electrons. The van der Waals surface area contributed by atoms with Crippen LogP contribution in [0.5, 0.6) is 0 Å². The molecule has 0 fully saturated rings. The van der Waals surface area contributed by atoms with Crippen LogP contribution in [0.4, 0.5) is 5.13 Å². The van der Waals surface area contributed by atoms with Gasteiger partial charge in [0, 0.05) is 11.8 Å². The van der Waals surface area contributed by atoms with Gasteiger partial charge in [0.2, 0.25) is 5.91 Å². The number of nitrogens with one attached hydrogen (secondary N) is 1. The standard InChI is InChI=1S/C19H15N3OS2/c23-17(11-10-13-6-2-1-3-7-13)22-19-21-15(12-24-19)18-20-14-8-4-5-9-16(14)25-18/h1-9,12H,10-11H2,(H,21,22,23). The lowest BCUT2D eigenvalue weighted by Crippen LogP contribution is -2.12. The zero-order valence-corrected chi connectivity index (χ0v) is 14.9. The number of hydrogen-bond acceptors (Lipinski definition) is 5. The van der Waals surface area contributed by atoms with Crippen molar-refractivity contribution in [3.05, 3.63) is 65.5 Å². The van der Waals surface area contributed by atoms with Crippen molar-refractivity contribution in [2.24, 2.45) is 0 Å². The molecule has 2 aromatic heterocycles. The highest BCUT2D eigenvalue weighted by molar-refractivity contribution is 7.22. The number of carbonyl (C=O) groups is 1. The molecule has 0 bridgehead atoms. The zero-order valence-electron chi connectivity index (χ0n) is 13.3. The van der Waals surface area contributed by atoms with E-state index in [0.717, 1.165) is 32.9 Å². The van der Waals surface area contributed by atoms with Gasteiger partial charge in [-0.1, -0.05) is 42.5 Å². The summed E-state index contributed by atoms with van der Waals surface area (Å²) in [6.45, 7) is 0. The maximum atomic E-state index is 12.1. The lowest BCUT2D eigenvalue weighted by Gasteiger charge is -2.02. The molecule has 124 valence electrons. The van der Waals surface area contributed by atoms with Crippen molar-refractivity contribution in [1.29, 1.82) is 0 Å². The van der Waals surface area contributed by atoms with Crippen LogP contribution in [0.25, 0.3) is 20.9 Å². The quantitative estimate of drug-likeness (QED) is 0.542. The number of amides is 1. The van der Waals surface area contributed by atoms with Crippen LogP contribution in [0.15, 0.2) is 60.0 Å². The minimum atomic E-state index is -0.0194. The fraction of sp³-hybridized carbons (Fsp3) is 0.105. The van der Waals surface area contributed by atoms with E-state index in [0.29, 0.717) is 11.6 Å². The van der Waals surface area contributed by atoms with E-state index in [4.69, 9.17) is 0 Å². The van der Waals surface area contributed by atoms with E-state index in [2.05, 4.69) is 21.4 Å². The molecule has 2 heterocycles. The molecule has 6 heteroatoms. The monoisotopic (exact) mass is 365 g/mol. The van der Waals surface area contributed by atoms with Gasteiger partial charge in [-0.05, 0) is 24.1 Å². The summed E-state index contributed by atoms with van der Waals surface area (Å²) in [4.78, 5) is 21.2. The molecule has 4 rings (SSSR count). The molecule has 25 heavy (non-hydrogen) atoms. The normalized spacial score (nSPS) is 10.9. The number of para-hydroxylation sites is 1. The van der Waals surface area contributed by atoms with Gasteiger partial charge in [0.25, 0.3) is 0 Å². The smallest absolute Gasteiger partial charge is 0.226 e. The summed E-state index contributed by atoms with van der Waals surface area (Å²) >= 11 is 3.04. The van der Waals surface area contributed by atoms with Crippen LogP contribution in [0.1, 0.15) is 12.0 Å². The number of hydrogen-bond donors (Lipinski definition) is 1. The Morgan fingerprint density at radius 2 is 1.80 bits per heavy atom. The number of anilines is 1. The van der Waals surface area contributed by atoms with E-state index in [1.165, 1.54) is 11.3 Å².